The molecule has 2 aromatic heterocycles. The number of nitrogens with zero attached hydrogens (tertiary/aromatic N) is 5. The highest BCUT2D eigenvalue weighted by atomic mass is 32.1. The molecule has 1 aliphatic heterocycles. The first-order chi connectivity index (χ1) is 16.7. The number of aliphatic imine (C=N–C) groups is 1. The highest BCUT2D eigenvalue weighted by Gasteiger charge is 2.31. The molecule has 170 valence electrons. The number of anilines is 1. The van der Waals surface area contributed by atoms with Crippen LogP contribution in [0.15, 0.2) is 77.2 Å². The van der Waals surface area contributed by atoms with Gasteiger partial charge in [-0.15, -0.1) is 11.3 Å². The molecule has 0 aliphatic carbocycles. The van der Waals surface area contributed by atoms with E-state index >= 15 is 0 Å². The second-order valence-electron chi connectivity index (χ2n) is 7.58. The van der Waals surface area contributed by atoms with Crippen LogP contribution in [-0.2, 0) is 4.74 Å². The van der Waals surface area contributed by atoms with E-state index < -0.39 is 12.0 Å². The van der Waals surface area contributed by atoms with Gasteiger partial charge in [0.05, 0.1) is 24.7 Å². The van der Waals surface area contributed by atoms with Gasteiger partial charge in [0.25, 0.3) is 0 Å². The number of methoxy groups -OCH3 is 1. The van der Waals surface area contributed by atoms with E-state index in [0.29, 0.717) is 36.0 Å². The quantitative estimate of drug-likeness (QED) is 0.409. The monoisotopic (exact) mass is 471 g/mol. The van der Waals surface area contributed by atoms with Crippen LogP contribution in [0.3, 0.4) is 0 Å². The SMILES string of the molecule is COC(=O)c1cnn2c1C(c1ccccc1)=NCCCN(c1nc(-c3ccccc3)cs1)C2=O. The van der Waals surface area contributed by atoms with E-state index in [2.05, 4.69) is 5.10 Å². The molecule has 2 aromatic carbocycles. The number of fused-ring (bicyclic) bond motifs is 1. The van der Waals surface area contributed by atoms with Gasteiger partial charge in [0, 0.05) is 29.6 Å². The van der Waals surface area contributed by atoms with Gasteiger partial charge in [-0.2, -0.15) is 9.78 Å². The largest absolute Gasteiger partial charge is 0.465 e. The van der Waals surface area contributed by atoms with E-state index in [1.165, 1.54) is 29.3 Å². The van der Waals surface area contributed by atoms with Crippen LogP contribution < -0.4 is 4.90 Å². The van der Waals surface area contributed by atoms with E-state index in [-0.39, 0.29) is 5.56 Å². The van der Waals surface area contributed by atoms with Crippen molar-refractivity contribution in [2.45, 2.75) is 6.42 Å². The Morgan fingerprint density at radius 3 is 2.44 bits per heavy atom. The molecule has 0 fully saturated rings. The molecule has 0 saturated heterocycles. The maximum absolute atomic E-state index is 13.8. The second kappa shape index (κ2) is 9.40. The summed E-state index contributed by atoms with van der Waals surface area (Å²) in [5.74, 6) is -0.580. The molecule has 4 aromatic rings. The molecule has 1 aliphatic rings. The van der Waals surface area contributed by atoms with Gasteiger partial charge in [-0.25, -0.2) is 14.6 Å². The molecule has 3 heterocycles. The highest BCUT2D eigenvalue weighted by molar-refractivity contribution is 7.14. The van der Waals surface area contributed by atoms with Crippen molar-refractivity contribution in [3.8, 4) is 11.3 Å². The van der Waals surface area contributed by atoms with Crippen LogP contribution in [0, 0.1) is 0 Å². The summed E-state index contributed by atoms with van der Waals surface area (Å²) >= 11 is 1.39. The molecule has 0 spiro atoms. The molecule has 5 rings (SSSR count). The summed E-state index contributed by atoms with van der Waals surface area (Å²) in [7, 11) is 1.30. The number of ether oxygens (including phenoxy) is 1. The van der Waals surface area contributed by atoms with Crippen molar-refractivity contribution in [3.63, 3.8) is 0 Å². The first-order valence-corrected chi connectivity index (χ1v) is 11.6. The zero-order valence-electron chi connectivity index (χ0n) is 18.4. The van der Waals surface area contributed by atoms with Gasteiger partial charge >= 0.3 is 12.0 Å². The molecule has 9 heteroatoms. The number of amides is 1. The standard InChI is InChI=1S/C25H21N5O3S/c1-33-23(31)19-15-27-30-22(19)21(18-11-6-3-7-12-18)26-13-8-14-29(25(30)32)24-28-20(16-34-24)17-9-4-2-5-10-17/h2-7,9-12,15-16H,8,13-14H2,1H3. The molecule has 0 bridgehead atoms. The Hall–Kier alpha value is -4.11. The number of esters is 1. The third-order valence-electron chi connectivity index (χ3n) is 5.46. The van der Waals surface area contributed by atoms with Crippen LogP contribution in [0.2, 0.25) is 0 Å². The van der Waals surface area contributed by atoms with Gasteiger partial charge in [0.1, 0.15) is 11.3 Å². The van der Waals surface area contributed by atoms with Gasteiger partial charge in [0.15, 0.2) is 5.13 Å². The number of aromatic nitrogens is 3. The van der Waals surface area contributed by atoms with Crippen LogP contribution in [-0.4, -0.2) is 52.7 Å². The Kier molecular flexibility index (Phi) is 6.01. The third-order valence-corrected chi connectivity index (χ3v) is 6.32. The lowest BCUT2D eigenvalue weighted by atomic mass is 10.0. The lowest BCUT2D eigenvalue weighted by molar-refractivity contribution is 0.0600. The molecular formula is C25H21N5O3S. The Morgan fingerprint density at radius 2 is 1.74 bits per heavy atom. The minimum atomic E-state index is -0.580. The van der Waals surface area contributed by atoms with Crippen molar-refractivity contribution >= 4 is 34.2 Å². The van der Waals surface area contributed by atoms with Gasteiger partial charge in [0.2, 0.25) is 0 Å². The highest BCUT2D eigenvalue weighted by Crippen LogP contribution is 2.29. The molecule has 0 radical (unpaired) electrons. The van der Waals surface area contributed by atoms with Crippen molar-refractivity contribution in [1.29, 1.82) is 0 Å². The molecule has 1 amide bonds. The molecule has 0 unspecified atom stereocenters. The van der Waals surface area contributed by atoms with Gasteiger partial charge in [-0.05, 0) is 6.42 Å². The van der Waals surface area contributed by atoms with Crippen molar-refractivity contribution in [1.82, 2.24) is 14.8 Å². The lowest BCUT2D eigenvalue weighted by Crippen LogP contribution is -2.37. The van der Waals surface area contributed by atoms with Crippen LogP contribution in [0.5, 0.6) is 0 Å². The van der Waals surface area contributed by atoms with E-state index in [9.17, 15) is 9.59 Å². The fourth-order valence-corrected chi connectivity index (χ4v) is 4.67. The zero-order chi connectivity index (χ0) is 23.5. The number of rotatable bonds is 4. The molecule has 0 N–H and O–H groups in total. The Morgan fingerprint density at radius 1 is 1.03 bits per heavy atom. The summed E-state index contributed by atoms with van der Waals surface area (Å²) in [6, 6.07) is 18.9. The topological polar surface area (TPSA) is 89.7 Å². The second-order valence-corrected chi connectivity index (χ2v) is 8.41. The normalized spacial score (nSPS) is 14.0. The summed E-state index contributed by atoms with van der Waals surface area (Å²) < 4.78 is 6.19. The van der Waals surface area contributed by atoms with E-state index in [1.807, 2.05) is 66.0 Å². The van der Waals surface area contributed by atoms with Gasteiger partial charge in [-0.1, -0.05) is 60.7 Å². The van der Waals surface area contributed by atoms with E-state index in [4.69, 9.17) is 14.7 Å². The predicted molar refractivity (Wildman–Crippen MR) is 131 cm³/mol. The van der Waals surface area contributed by atoms with Gasteiger partial charge < -0.3 is 4.74 Å². The smallest absolute Gasteiger partial charge is 0.351 e. The number of hydrogen-bond donors (Lipinski definition) is 0. The predicted octanol–water partition coefficient (Wildman–Crippen LogP) is 4.51. The zero-order valence-corrected chi connectivity index (χ0v) is 19.2. The van der Waals surface area contributed by atoms with Crippen LogP contribution in [0.1, 0.15) is 28.0 Å². The molecule has 0 atom stereocenters. The summed E-state index contributed by atoms with van der Waals surface area (Å²) in [6.45, 7) is 0.885. The molecule has 34 heavy (non-hydrogen) atoms. The first-order valence-electron chi connectivity index (χ1n) is 10.8. The maximum atomic E-state index is 13.8. The fraction of sp³-hybridized carbons (Fsp3) is 0.160. The molecular weight excluding hydrogens is 450 g/mol. The minimum absolute atomic E-state index is 0.185. The third kappa shape index (κ3) is 4.01. The average molecular weight is 472 g/mol. The number of thiazole rings is 1. The summed E-state index contributed by atoms with van der Waals surface area (Å²) in [6.07, 6.45) is 1.98. The van der Waals surface area contributed by atoms with E-state index in [0.717, 1.165) is 16.8 Å². The number of hydrogen-bond acceptors (Lipinski definition) is 7. The average Bonchev–Trinajstić information content (AvgIpc) is 3.55. The minimum Gasteiger partial charge on any atom is -0.465 e. The van der Waals surface area contributed by atoms with Crippen molar-refractivity contribution in [3.05, 3.63) is 89.1 Å². The van der Waals surface area contributed by atoms with Crippen molar-refractivity contribution in [2.75, 3.05) is 25.1 Å². The van der Waals surface area contributed by atoms with E-state index in [1.54, 1.807) is 4.90 Å². The first kappa shape index (κ1) is 21.7. The number of benzene rings is 2. The van der Waals surface area contributed by atoms with Gasteiger partial charge in [-0.3, -0.25) is 9.89 Å². The molecule has 0 saturated carbocycles. The molecule has 8 nitrogen and oxygen atoms in total. The lowest BCUT2D eigenvalue weighted by Gasteiger charge is -2.19. The summed E-state index contributed by atoms with van der Waals surface area (Å²) in [4.78, 5) is 37.4. The van der Waals surface area contributed by atoms with Crippen LogP contribution >= 0.6 is 11.3 Å². The maximum Gasteiger partial charge on any atom is 0.351 e. The Labute approximate surface area is 200 Å². The van der Waals surface area contributed by atoms with Crippen molar-refractivity contribution < 1.29 is 14.3 Å². The summed E-state index contributed by atoms with van der Waals surface area (Å²) in [5.41, 5.74) is 3.59. The summed E-state index contributed by atoms with van der Waals surface area (Å²) in [5, 5.41) is 6.78. The fourth-order valence-electron chi connectivity index (χ4n) is 3.82. The van der Waals surface area contributed by atoms with Crippen molar-refractivity contribution in [2.24, 2.45) is 4.99 Å². The Bertz CT molecular complexity index is 1360. The number of carbonyl (C=O) groups excluding carboxylic acids is 2. The number of carbonyl (C=O) groups is 2. The van der Waals surface area contributed by atoms with Crippen LogP contribution in [0.4, 0.5) is 9.93 Å². The Balaban J connectivity index is 1.60. The van der Waals surface area contributed by atoms with Crippen LogP contribution in [0.25, 0.3) is 11.3 Å².